The number of esters is 1. The smallest absolute Gasteiger partial charge is 0.408 e. The summed E-state index contributed by atoms with van der Waals surface area (Å²) < 4.78 is 15.8. The minimum Gasteiger partial charge on any atom is -0.445 e. The molecule has 0 bridgehead atoms. The van der Waals surface area contributed by atoms with Crippen molar-refractivity contribution in [2.24, 2.45) is 0 Å². The topological polar surface area (TPSA) is 94.8 Å². The van der Waals surface area contributed by atoms with Crippen LogP contribution in [0.2, 0.25) is 0 Å². The third kappa shape index (κ3) is 5.05. The molecule has 0 fully saturated rings. The number of amides is 1. The first-order chi connectivity index (χ1) is 14.4. The number of carbonyl (C=O) groups excluding carboxylic acids is 2. The molecule has 2 aromatic carbocycles. The van der Waals surface area contributed by atoms with E-state index in [2.05, 4.69) is 5.32 Å². The fourth-order valence-electron chi connectivity index (χ4n) is 2.96. The molecule has 0 aliphatic heterocycles. The van der Waals surface area contributed by atoms with Crippen LogP contribution in [0.15, 0.2) is 57.7 Å². The molecule has 0 saturated heterocycles. The van der Waals surface area contributed by atoms with Crippen LogP contribution in [0.3, 0.4) is 0 Å². The first-order valence-corrected chi connectivity index (χ1v) is 9.63. The van der Waals surface area contributed by atoms with E-state index in [1.165, 1.54) is 19.1 Å². The van der Waals surface area contributed by atoms with Crippen molar-refractivity contribution in [1.82, 2.24) is 5.32 Å². The van der Waals surface area contributed by atoms with Crippen molar-refractivity contribution in [3.8, 4) is 5.75 Å². The fraction of sp³-hybridized carbons (Fsp3) is 0.261. The molecule has 1 N–H and O–H groups in total. The molecule has 0 unspecified atom stereocenters. The standard InChI is InChI=1S/C23H23NO6/c1-4-17-11-18-14(2)10-21(25)29-20(18)12-19(17)30-22(26)15(3)24-23(27)28-13-16-8-6-5-7-9-16/h5-12,15H,4,13H2,1-3H3,(H,24,27)/t15-/m0/s1. The predicted molar refractivity (Wildman–Crippen MR) is 111 cm³/mol. The number of carbonyl (C=O) groups is 2. The molecule has 0 spiro atoms. The van der Waals surface area contributed by atoms with Crippen molar-refractivity contribution >= 4 is 23.0 Å². The maximum atomic E-state index is 12.5. The normalized spacial score (nSPS) is 11.7. The van der Waals surface area contributed by atoms with E-state index in [-0.39, 0.29) is 12.4 Å². The maximum Gasteiger partial charge on any atom is 0.408 e. The van der Waals surface area contributed by atoms with Gasteiger partial charge in [0, 0.05) is 17.5 Å². The molecule has 7 nitrogen and oxygen atoms in total. The molecule has 3 rings (SSSR count). The van der Waals surface area contributed by atoms with E-state index in [1.807, 2.05) is 50.2 Å². The molecule has 0 radical (unpaired) electrons. The van der Waals surface area contributed by atoms with Gasteiger partial charge in [0.1, 0.15) is 24.0 Å². The molecule has 1 atom stereocenters. The Morgan fingerprint density at radius 1 is 1.13 bits per heavy atom. The number of ether oxygens (including phenoxy) is 2. The minimum atomic E-state index is -0.932. The Hall–Kier alpha value is -3.61. The zero-order valence-electron chi connectivity index (χ0n) is 17.1. The summed E-state index contributed by atoms with van der Waals surface area (Å²) in [5, 5.41) is 3.23. The number of hydrogen-bond donors (Lipinski definition) is 1. The van der Waals surface area contributed by atoms with Crippen molar-refractivity contribution in [2.45, 2.75) is 39.8 Å². The van der Waals surface area contributed by atoms with Gasteiger partial charge in [0.15, 0.2) is 0 Å². The van der Waals surface area contributed by atoms with Crippen LogP contribution in [0.25, 0.3) is 11.0 Å². The average Bonchev–Trinajstić information content (AvgIpc) is 2.72. The quantitative estimate of drug-likeness (QED) is 0.377. The van der Waals surface area contributed by atoms with Crippen LogP contribution in [0.1, 0.15) is 30.5 Å². The molecule has 1 heterocycles. The predicted octanol–water partition coefficient (Wildman–Crippen LogP) is 3.88. The van der Waals surface area contributed by atoms with Crippen molar-refractivity contribution in [3.05, 3.63) is 75.6 Å². The number of hydrogen-bond acceptors (Lipinski definition) is 6. The highest BCUT2D eigenvalue weighted by molar-refractivity contribution is 5.86. The number of nitrogens with one attached hydrogen (secondary N) is 1. The van der Waals surface area contributed by atoms with Gasteiger partial charge in [0.05, 0.1) is 0 Å². The van der Waals surface area contributed by atoms with Crippen molar-refractivity contribution in [2.75, 3.05) is 0 Å². The highest BCUT2D eigenvalue weighted by Crippen LogP contribution is 2.28. The Kier molecular flexibility index (Phi) is 6.51. The third-order valence-electron chi connectivity index (χ3n) is 4.62. The first-order valence-electron chi connectivity index (χ1n) is 9.63. The number of rotatable bonds is 6. The van der Waals surface area contributed by atoms with Gasteiger partial charge < -0.3 is 19.2 Å². The lowest BCUT2D eigenvalue weighted by Gasteiger charge is -2.15. The van der Waals surface area contributed by atoms with E-state index in [0.29, 0.717) is 12.0 Å². The van der Waals surface area contributed by atoms with E-state index in [1.54, 1.807) is 0 Å². The van der Waals surface area contributed by atoms with Crippen LogP contribution < -0.4 is 15.7 Å². The van der Waals surface area contributed by atoms with Crippen LogP contribution >= 0.6 is 0 Å². The van der Waals surface area contributed by atoms with Gasteiger partial charge in [-0.3, -0.25) is 0 Å². The zero-order valence-corrected chi connectivity index (χ0v) is 17.1. The second-order valence-electron chi connectivity index (χ2n) is 6.91. The van der Waals surface area contributed by atoms with Crippen LogP contribution in [-0.2, 0) is 22.6 Å². The van der Waals surface area contributed by atoms with Crippen molar-refractivity contribution < 1.29 is 23.5 Å². The SMILES string of the molecule is CCc1cc2c(C)cc(=O)oc2cc1OC(=O)[C@H](C)NC(=O)OCc1ccccc1. The fourth-order valence-corrected chi connectivity index (χ4v) is 2.96. The lowest BCUT2D eigenvalue weighted by Crippen LogP contribution is -2.41. The number of benzene rings is 2. The van der Waals surface area contributed by atoms with Gasteiger partial charge in [-0.2, -0.15) is 0 Å². The number of aryl methyl sites for hydroxylation is 2. The second kappa shape index (κ2) is 9.26. The lowest BCUT2D eigenvalue weighted by molar-refractivity contribution is -0.136. The van der Waals surface area contributed by atoms with Gasteiger partial charge in [-0.25, -0.2) is 14.4 Å². The van der Waals surface area contributed by atoms with Gasteiger partial charge in [-0.05, 0) is 43.0 Å². The molecule has 7 heteroatoms. The van der Waals surface area contributed by atoms with E-state index in [4.69, 9.17) is 13.9 Å². The van der Waals surface area contributed by atoms with Crippen LogP contribution in [0.4, 0.5) is 4.79 Å². The molecular formula is C23H23NO6. The van der Waals surface area contributed by atoms with Crippen LogP contribution in [0, 0.1) is 6.92 Å². The molecule has 3 aromatic rings. The minimum absolute atomic E-state index is 0.0947. The highest BCUT2D eigenvalue weighted by Gasteiger charge is 2.20. The van der Waals surface area contributed by atoms with E-state index in [9.17, 15) is 14.4 Å². The Labute approximate surface area is 173 Å². The largest absolute Gasteiger partial charge is 0.445 e. The summed E-state index contributed by atoms with van der Waals surface area (Å²) in [6.07, 6.45) is -0.114. The molecule has 1 amide bonds. The highest BCUT2D eigenvalue weighted by atomic mass is 16.6. The zero-order chi connectivity index (χ0) is 21.7. The van der Waals surface area contributed by atoms with E-state index < -0.39 is 23.7 Å². The molecule has 0 aliphatic rings. The summed E-state index contributed by atoms with van der Waals surface area (Å²) in [6.45, 7) is 5.34. The van der Waals surface area contributed by atoms with Gasteiger partial charge in [-0.1, -0.05) is 37.3 Å². The van der Waals surface area contributed by atoms with E-state index in [0.717, 1.165) is 22.1 Å². The Balaban J connectivity index is 1.67. The molecule has 30 heavy (non-hydrogen) atoms. The first kappa shape index (κ1) is 21.1. The summed E-state index contributed by atoms with van der Waals surface area (Å²) in [5.41, 5.74) is 2.26. The summed E-state index contributed by atoms with van der Waals surface area (Å²) in [6, 6.07) is 13.1. The molecule has 0 aliphatic carbocycles. The summed E-state index contributed by atoms with van der Waals surface area (Å²) in [4.78, 5) is 36.1. The molecule has 1 aromatic heterocycles. The van der Waals surface area contributed by atoms with Gasteiger partial charge in [-0.15, -0.1) is 0 Å². The lowest BCUT2D eigenvalue weighted by atomic mass is 10.1. The number of fused-ring (bicyclic) bond motifs is 1. The Morgan fingerprint density at radius 2 is 1.87 bits per heavy atom. The van der Waals surface area contributed by atoms with Crippen molar-refractivity contribution in [1.29, 1.82) is 0 Å². The number of alkyl carbamates (subject to hydrolysis) is 1. The maximum absolute atomic E-state index is 12.5. The van der Waals surface area contributed by atoms with Gasteiger partial charge >= 0.3 is 17.7 Å². The third-order valence-corrected chi connectivity index (χ3v) is 4.62. The molecule has 0 saturated carbocycles. The summed E-state index contributed by atoms with van der Waals surface area (Å²) in [5.74, 6) is -0.370. The Bertz CT molecular complexity index is 1120. The Morgan fingerprint density at radius 3 is 2.57 bits per heavy atom. The average molecular weight is 409 g/mol. The van der Waals surface area contributed by atoms with E-state index >= 15 is 0 Å². The monoisotopic (exact) mass is 409 g/mol. The van der Waals surface area contributed by atoms with Crippen LogP contribution in [0.5, 0.6) is 5.75 Å². The van der Waals surface area contributed by atoms with Crippen molar-refractivity contribution in [3.63, 3.8) is 0 Å². The van der Waals surface area contributed by atoms with Gasteiger partial charge in [0.25, 0.3) is 0 Å². The molecule has 156 valence electrons. The van der Waals surface area contributed by atoms with Gasteiger partial charge in [0.2, 0.25) is 0 Å². The summed E-state index contributed by atoms with van der Waals surface area (Å²) in [7, 11) is 0. The molecular weight excluding hydrogens is 386 g/mol. The van der Waals surface area contributed by atoms with Crippen LogP contribution in [-0.4, -0.2) is 18.1 Å². The summed E-state index contributed by atoms with van der Waals surface area (Å²) >= 11 is 0. The second-order valence-corrected chi connectivity index (χ2v) is 6.91.